The van der Waals surface area contributed by atoms with Gasteiger partial charge in [-0.15, -0.1) is 0 Å². The molecule has 0 radical (unpaired) electrons. The summed E-state index contributed by atoms with van der Waals surface area (Å²) in [5.74, 6) is 0.0794. The second-order valence-corrected chi connectivity index (χ2v) is 5.64. The fraction of sp³-hybridized carbons (Fsp3) is 0.0909. The quantitative estimate of drug-likeness (QED) is 0.276. The van der Waals surface area contributed by atoms with Crippen LogP contribution in [0, 0.1) is 0 Å². The lowest BCUT2D eigenvalue weighted by Gasteiger charge is -2.07. The molecule has 5 N–H and O–H groups in total. The van der Waals surface area contributed by atoms with Gasteiger partial charge in [0.25, 0.3) is 10.0 Å². The van der Waals surface area contributed by atoms with Crippen molar-refractivity contribution in [1.29, 1.82) is 0 Å². The summed E-state index contributed by atoms with van der Waals surface area (Å²) in [6, 6.07) is 7.91. The number of nitrogens with two attached hydrogens (primary N) is 1. The molecule has 0 aliphatic carbocycles. The minimum atomic E-state index is -3.67. The third-order valence-corrected chi connectivity index (χ3v) is 3.80. The van der Waals surface area contributed by atoms with E-state index in [0.717, 1.165) is 5.56 Å². The highest BCUT2D eigenvalue weighted by Crippen LogP contribution is 2.15. The molecule has 0 bridgehead atoms. The molecule has 2 aromatic rings. The molecule has 1 aromatic heterocycles. The molecule has 0 spiro atoms. The predicted molar refractivity (Wildman–Crippen MR) is 73.0 cm³/mol. The Balaban J connectivity index is 2.12. The number of benzene rings is 1. The molecule has 2 rings (SSSR count). The van der Waals surface area contributed by atoms with E-state index in [0.29, 0.717) is 5.69 Å². The van der Waals surface area contributed by atoms with E-state index in [9.17, 15) is 8.42 Å². The van der Waals surface area contributed by atoms with Crippen LogP contribution in [0.2, 0.25) is 0 Å². The lowest BCUT2D eigenvalue weighted by Crippen LogP contribution is -2.15. The van der Waals surface area contributed by atoms with Crippen LogP contribution >= 0.6 is 0 Å². The maximum atomic E-state index is 11.9. The van der Waals surface area contributed by atoms with Crippen molar-refractivity contribution in [3.8, 4) is 0 Å². The number of hydrogen-bond donors (Lipinski definition) is 4. The summed E-state index contributed by atoms with van der Waals surface area (Å²) < 4.78 is 26.2. The van der Waals surface area contributed by atoms with Gasteiger partial charge >= 0.3 is 0 Å². The van der Waals surface area contributed by atoms with E-state index in [1.807, 2.05) is 0 Å². The number of nitrogens with zero attached hydrogens (tertiary/aromatic N) is 2. The molecular weight excluding hydrogens is 282 g/mol. The van der Waals surface area contributed by atoms with Gasteiger partial charge in [-0.3, -0.25) is 9.82 Å². The molecule has 1 aromatic carbocycles. The Morgan fingerprint density at radius 3 is 2.60 bits per heavy atom. The van der Waals surface area contributed by atoms with E-state index in [-0.39, 0.29) is 17.3 Å². The van der Waals surface area contributed by atoms with Gasteiger partial charge in [-0.1, -0.05) is 17.3 Å². The van der Waals surface area contributed by atoms with Gasteiger partial charge in [-0.25, -0.2) is 0 Å². The van der Waals surface area contributed by atoms with Gasteiger partial charge in [0.2, 0.25) is 0 Å². The third-order valence-electron chi connectivity index (χ3n) is 2.48. The number of nitrogens with one attached hydrogen (secondary N) is 2. The zero-order chi connectivity index (χ0) is 14.6. The summed E-state index contributed by atoms with van der Waals surface area (Å²) in [5, 5.41) is 17.3. The van der Waals surface area contributed by atoms with E-state index in [4.69, 9.17) is 10.9 Å². The molecule has 0 fully saturated rings. The molecule has 9 heteroatoms. The third kappa shape index (κ3) is 3.26. The van der Waals surface area contributed by atoms with Crippen LogP contribution in [0.15, 0.2) is 46.7 Å². The van der Waals surface area contributed by atoms with Crippen molar-refractivity contribution in [1.82, 2.24) is 10.2 Å². The lowest BCUT2D eigenvalue weighted by atomic mass is 10.1. The average Bonchev–Trinajstić information content (AvgIpc) is 2.95. The Morgan fingerprint density at radius 1 is 1.35 bits per heavy atom. The highest BCUT2D eigenvalue weighted by Gasteiger charge is 2.15. The Labute approximate surface area is 115 Å². The number of oxime groups is 1. The van der Waals surface area contributed by atoms with Gasteiger partial charge < -0.3 is 10.9 Å². The fourth-order valence-electron chi connectivity index (χ4n) is 1.54. The second-order valence-electron chi connectivity index (χ2n) is 3.99. The molecule has 0 unspecified atom stereocenters. The minimum absolute atomic E-state index is 0.0155. The number of anilines is 1. The van der Waals surface area contributed by atoms with Crippen LogP contribution in [0.3, 0.4) is 0 Å². The summed E-state index contributed by atoms with van der Waals surface area (Å²) in [6.45, 7) is 0. The number of amidine groups is 1. The summed E-state index contributed by atoms with van der Waals surface area (Å²) in [6.07, 6.45) is 1.64. The molecule has 8 nitrogen and oxygen atoms in total. The highest BCUT2D eigenvalue weighted by atomic mass is 32.2. The van der Waals surface area contributed by atoms with Crippen LogP contribution in [0.5, 0.6) is 0 Å². The first kappa shape index (κ1) is 13.9. The van der Waals surface area contributed by atoms with Gasteiger partial charge in [0.1, 0.15) is 5.84 Å². The van der Waals surface area contributed by atoms with E-state index in [2.05, 4.69) is 20.1 Å². The standard InChI is InChI=1S/C11H13N5O3S/c12-10(15-17)7-8-1-3-9(4-2-8)16-20(18,19)11-5-6-13-14-11/h1-6,16-17H,7H2,(H2,12,15)(H,13,14). The van der Waals surface area contributed by atoms with Gasteiger partial charge in [0.05, 0.1) is 6.20 Å². The van der Waals surface area contributed by atoms with Crippen molar-refractivity contribution in [2.45, 2.75) is 11.4 Å². The first-order valence-corrected chi connectivity index (χ1v) is 7.07. The smallest absolute Gasteiger partial charge is 0.278 e. The maximum Gasteiger partial charge on any atom is 0.278 e. The zero-order valence-electron chi connectivity index (χ0n) is 10.3. The van der Waals surface area contributed by atoms with Crippen molar-refractivity contribution in [2.24, 2.45) is 10.9 Å². The number of aromatic amines is 1. The molecule has 20 heavy (non-hydrogen) atoms. The molecule has 0 saturated heterocycles. The molecule has 0 amide bonds. The summed E-state index contributed by atoms with van der Waals surface area (Å²) in [7, 11) is -3.67. The number of hydrogen-bond acceptors (Lipinski definition) is 5. The van der Waals surface area contributed by atoms with Gasteiger partial charge in [0, 0.05) is 12.1 Å². The van der Waals surface area contributed by atoms with Crippen molar-refractivity contribution >= 4 is 21.5 Å². The lowest BCUT2D eigenvalue weighted by molar-refractivity contribution is 0.317. The predicted octanol–water partition coefficient (Wildman–Crippen LogP) is 0.499. The van der Waals surface area contributed by atoms with Gasteiger partial charge in [-0.05, 0) is 23.8 Å². The van der Waals surface area contributed by atoms with Gasteiger partial charge in [-0.2, -0.15) is 13.5 Å². The Bertz CT molecular complexity index is 692. The minimum Gasteiger partial charge on any atom is -0.409 e. The van der Waals surface area contributed by atoms with Crippen LogP contribution in [0.4, 0.5) is 5.69 Å². The second kappa shape index (κ2) is 5.61. The number of aromatic nitrogens is 2. The largest absolute Gasteiger partial charge is 0.409 e. The highest BCUT2D eigenvalue weighted by molar-refractivity contribution is 7.92. The molecule has 0 aliphatic heterocycles. The SMILES string of the molecule is N/C(Cc1ccc(NS(=O)(=O)c2ccn[nH]2)cc1)=N/O. The van der Waals surface area contributed by atoms with Crippen molar-refractivity contribution in [3.05, 3.63) is 42.1 Å². The molecule has 0 aliphatic rings. The van der Waals surface area contributed by atoms with E-state index < -0.39 is 10.0 Å². The molecule has 0 saturated carbocycles. The Kier molecular flexibility index (Phi) is 3.89. The van der Waals surface area contributed by atoms with Crippen LogP contribution in [0.25, 0.3) is 0 Å². The summed E-state index contributed by atoms with van der Waals surface area (Å²) >= 11 is 0. The maximum absolute atomic E-state index is 11.9. The van der Waals surface area contributed by atoms with E-state index in [1.165, 1.54) is 12.3 Å². The fourth-order valence-corrected chi connectivity index (χ4v) is 2.51. The van der Waals surface area contributed by atoms with E-state index in [1.54, 1.807) is 24.3 Å². The van der Waals surface area contributed by atoms with Crippen molar-refractivity contribution < 1.29 is 13.6 Å². The Hall–Kier alpha value is -2.55. The first-order chi connectivity index (χ1) is 9.51. The summed E-state index contributed by atoms with van der Waals surface area (Å²) in [4.78, 5) is 0. The number of sulfonamides is 1. The summed E-state index contributed by atoms with van der Waals surface area (Å²) in [5.41, 5.74) is 6.59. The van der Waals surface area contributed by atoms with Crippen LogP contribution < -0.4 is 10.5 Å². The Morgan fingerprint density at radius 2 is 2.05 bits per heavy atom. The molecule has 0 atom stereocenters. The van der Waals surface area contributed by atoms with Crippen LogP contribution in [-0.4, -0.2) is 29.7 Å². The molecule has 1 heterocycles. The zero-order valence-corrected chi connectivity index (χ0v) is 11.1. The topological polar surface area (TPSA) is 133 Å². The average molecular weight is 295 g/mol. The van der Waals surface area contributed by atoms with Gasteiger partial charge in [0.15, 0.2) is 5.03 Å². The number of H-pyrrole nitrogens is 1. The van der Waals surface area contributed by atoms with Crippen molar-refractivity contribution in [3.63, 3.8) is 0 Å². The van der Waals surface area contributed by atoms with Crippen LogP contribution in [-0.2, 0) is 16.4 Å². The monoisotopic (exact) mass is 295 g/mol. The van der Waals surface area contributed by atoms with Crippen molar-refractivity contribution in [2.75, 3.05) is 4.72 Å². The van der Waals surface area contributed by atoms with Crippen LogP contribution in [0.1, 0.15) is 5.56 Å². The van der Waals surface area contributed by atoms with E-state index >= 15 is 0 Å². The number of rotatable bonds is 5. The first-order valence-electron chi connectivity index (χ1n) is 5.59. The molecule has 106 valence electrons. The normalized spacial score (nSPS) is 12.3. The molecular formula is C11H13N5O3S.